The maximum Gasteiger partial charge on any atom is 0.316 e. The van der Waals surface area contributed by atoms with E-state index in [4.69, 9.17) is 9.26 Å². The molecule has 2 heterocycles. The third-order valence-corrected chi connectivity index (χ3v) is 3.97. The molecule has 0 radical (unpaired) electrons. The van der Waals surface area contributed by atoms with Gasteiger partial charge < -0.3 is 24.4 Å². The minimum absolute atomic E-state index is 0.0222. The van der Waals surface area contributed by atoms with Crippen molar-refractivity contribution in [2.75, 3.05) is 58.4 Å². The molecule has 1 aliphatic heterocycles. The minimum atomic E-state index is -0.356. The van der Waals surface area contributed by atoms with Gasteiger partial charge in [0, 0.05) is 37.4 Å². The normalized spacial score (nSPS) is 14.8. The molecule has 1 N–H and O–H groups in total. The van der Waals surface area contributed by atoms with Crippen molar-refractivity contribution in [3.63, 3.8) is 0 Å². The Morgan fingerprint density at radius 2 is 1.96 bits per heavy atom. The average molecular weight is 345 g/mol. The summed E-state index contributed by atoms with van der Waals surface area (Å²) in [4.78, 5) is 20.4. The van der Waals surface area contributed by atoms with Crippen LogP contribution in [0.5, 0.6) is 0 Å². The molecule has 25 heavy (non-hydrogen) atoms. The van der Waals surface area contributed by atoms with Gasteiger partial charge >= 0.3 is 11.8 Å². The van der Waals surface area contributed by atoms with Gasteiger partial charge in [-0.1, -0.05) is 5.16 Å². The van der Waals surface area contributed by atoms with Gasteiger partial charge in [-0.15, -0.1) is 0 Å². The highest BCUT2D eigenvalue weighted by Gasteiger charge is 2.16. The summed E-state index contributed by atoms with van der Waals surface area (Å²) in [5.41, 5.74) is 1.95. The fraction of sp³-hybridized carbons (Fsp3) is 0.471. The second-order valence-electron chi connectivity index (χ2n) is 6.13. The summed E-state index contributed by atoms with van der Waals surface area (Å²) in [5.74, 6) is 0.0304. The third kappa shape index (κ3) is 4.55. The summed E-state index contributed by atoms with van der Waals surface area (Å²) in [6, 6.07) is 7.91. The van der Waals surface area contributed by atoms with Gasteiger partial charge in [-0.2, -0.15) is 4.98 Å². The number of nitrogens with one attached hydrogen (secondary N) is 1. The number of likely N-dealkylation sites (N-methyl/N-ethyl adjacent to an activating group) is 1. The van der Waals surface area contributed by atoms with Gasteiger partial charge in [0.15, 0.2) is 0 Å². The largest absolute Gasteiger partial charge is 0.378 e. The Kier molecular flexibility index (Phi) is 5.62. The minimum Gasteiger partial charge on any atom is -0.378 e. The van der Waals surface area contributed by atoms with Gasteiger partial charge in [-0.3, -0.25) is 4.79 Å². The zero-order valence-electron chi connectivity index (χ0n) is 14.6. The molecular weight excluding hydrogens is 322 g/mol. The van der Waals surface area contributed by atoms with E-state index in [2.05, 4.69) is 20.4 Å². The predicted molar refractivity (Wildman–Crippen MR) is 93.7 cm³/mol. The van der Waals surface area contributed by atoms with Crippen LogP contribution in [0.1, 0.15) is 10.7 Å². The van der Waals surface area contributed by atoms with Crippen molar-refractivity contribution >= 4 is 11.6 Å². The molecule has 0 spiro atoms. The lowest BCUT2D eigenvalue weighted by molar-refractivity contribution is 0.0907. The van der Waals surface area contributed by atoms with E-state index in [9.17, 15) is 4.79 Å². The molecule has 0 atom stereocenters. The maximum absolute atomic E-state index is 12.0. The van der Waals surface area contributed by atoms with E-state index in [1.165, 1.54) is 0 Å². The second-order valence-corrected chi connectivity index (χ2v) is 6.13. The van der Waals surface area contributed by atoms with Crippen LogP contribution in [-0.2, 0) is 4.74 Å². The lowest BCUT2D eigenvalue weighted by Gasteiger charge is -2.28. The van der Waals surface area contributed by atoms with E-state index in [0.29, 0.717) is 12.4 Å². The number of nitrogens with zero attached hydrogens (tertiary/aromatic N) is 4. The highest BCUT2D eigenvalue weighted by molar-refractivity contribution is 5.89. The first-order chi connectivity index (χ1) is 12.1. The number of hydrogen-bond donors (Lipinski definition) is 1. The van der Waals surface area contributed by atoms with E-state index < -0.39 is 0 Å². The van der Waals surface area contributed by atoms with Crippen molar-refractivity contribution < 1.29 is 14.1 Å². The number of rotatable bonds is 6. The van der Waals surface area contributed by atoms with Crippen LogP contribution in [0.15, 0.2) is 28.8 Å². The molecule has 1 fully saturated rings. The zero-order chi connectivity index (χ0) is 17.6. The molecule has 0 bridgehead atoms. The fourth-order valence-electron chi connectivity index (χ4n) is 2.54. The summed E-state index contributed by atoms with van der Waals surface area (Å²) in [5, 5.41) is 6.65. The van der Waals surface area contributed by atoms with Crippen LogP contribution in [0.4, 0.5) is 5.69 Å². The predicted octanol–water partition coefficient (Wildman–Crippen LogP) is 0.865. The van der Waals surface area contributed by atoms with Gasteiger partial charge in [0.2, 0.25) is 5.82 Å². The number of ether oxygens (including phenoxy) is 1. The molecule has 2 aromatic rings. The van der Waals surface area contributed by atoms with Gasteiger partial charge in [-0.05, 0) is 38.4 Å². The summed E-state index contributed by atoms with van der Waals surface area (Å²) in [6.45, 7) is 4.54. The molecule has 3 rings (SSSR count). The summed E-state index contributed by atoms with van der Waals surface area (Å²) in [7, 11) is 3.88. The number of carbonyl (C=O) groups excluding carboxylic acids is 1. The SMILES string of the molecule is CN(C)CCNC(=O)c1nc(-c2ccc(N3CCOCC3)cc2)no1. The molecule has 0 aliphatic carbocycles. The van der Waals surface area contributed by atoms with Crippen LogP contribution < -0.4 is 10.2 Å². The van der Waals surface area contributed by atoms with Crippen LogP contribution in [0.3, 0.4) is 0 Å². The van der Waals surface area contributed by atoms with Crippen molar-refractivity contribution in [1.29, 1.82) is 0 Å². The molecule has 134 valence electrons. The molecule has 8 heteroatoms. The smallest absolute Gasteiger partial charge is 0.316 e. The van der Waals surface area contributed by atoms with Crippen molar-refractivity contribution in [3.8, 4) is 11.4 Å². The average Bonchev–Trinajstić information content (AvgIpc) is 3.12. The first kappa shape index (κ1) is 17.4. The van der Waals surface area contributed by atoms with Crippen LogP contribution in [0.25, 0.3) is 11.4 Å². The molecule has 1 aromatic heterocycles. The Bertz CT molecular complexity index is 693. The second kappa shape index (κ2) is 8.09. The van der Waals surface area contributed by atoms with E-state index in [0.717, 1.165) is 44.1 Å². The van der Waals surface area contributed by atoms with Crippen LogP contribution in [0, 0.1) is 0 Å². The first-order valence-corrected chi connectivity index (χ1v) is 8.33. The van der Waals surface area contributed by atoms with Gasteiger partial charge in [0.05, 0.1) is 13.2 Å². The zero-order valence-corrected chi connectivity index (χ0v) is 14.6. The first-order valence-electron chi connectivity index (χ1n) is 8.33. The van der Waals surface area contributed by atoms with Crippen molar-refractivity contribution in [1.82, 2.24) is 20.4 Å². The molecule has 0 saturated carbocycles. The Morgan fingerprint density at radius 3 is 2.64 bits per heavy atom. The third-order valence-electron chi connectivity index (χ3n) is 3.97. The van der Waals surface area contributed by atoms with E-state index in [1.54, 1.807) is 0 Å². The highest BCUT2D eigenvalue weighted by Crippen LogP contribution is 2.21. The molecule has 1 saturated heterocycles. The summed E-state index contributed by atoms with van der Waals surface area (Å²) in [6.07, 6.45) is 0. The number of morpholine rings is 1. The Hall–Kier alpha value is -2.45. The maximum atomic E-state index is 12.0. The molecule has 1 aromatic carbocycles. The number of anilines is 1. The molecule has 1 amide bonds. The van der Waals surface area contributed by atoms with Crippen LogP contribution in [0.2, 0.25) is 0 Å². The molecular formula is C17H23N5O3. The molecule has 0 unspecified atom stereocenters. The van der Waals surface area contributed by atoms with E-state index in [1.807, 2.05) is 43.3 Å². The summed E-state index contributed by atoms with van der Waals surface area (Å²) < 4.78 is 10.4. The Labute approximate surface area is 146 Å². The number of aromatic nitrogens is 2. The van der Waals surface area contributed by atoms with Gasteiger partial charge in [-0.25, -0.2) is 0 Å². The lowest BCUT2D eigenvalue weighted by Crippen LogP contribution is -2.36. The van der Waals surface area contributed by atoms with E-state index in [-0.39, 0.29) is 11.8 Å². The van der Waals surface area contributed by atoms with Crippen molar-refractivity contribution in [2.24, 2.45) is 0 Å². The number of hydrogen-bond acceptors (Lipinski definition) is 7. The van der Waals surface area contributed by atoms with Crippen molar-refractivity contribution in [3.05, 3.63) is 30.2 Å². The van der Waals surface area contributed by atoms with Crippen molar-refractivity contribution in [2.45, 2.75) is 0 Å². The number of amides is 1. The summed E-state index contributed by atoms with van der Waals surface area (Å²) >= 11 is 0. The molecule has 8 nitrogen and oxygen atoms in total. The highest BCUT2D eigenvalue weighted by atomic mass is 16.5. The Balaban J connectivity index is 1.62. The van der Waals surface area contributed by atoms with E-state index >= 15 is 0 Å². The molecule has 1 aliphatic rings. The number of benzene rings is 1. The van der Waals surface area contributed by atoms with Crippen LogP contribution in [-0.4, -0.2) is 74.4 Å². The monoisotopic (exact) mass is 345 g/mol. The van der Waals surface area contributed by atoms with Gasteiger partial charge in [0.25, 0.3) is 0 Å². The van der Waals surface area contributed by atoms with Crippen LogP contribution >= 0.6 is 0 Å². The Morgan fingerprint density at radius 1 is 1.24 bits per heavy atom. The fourth-order valence-corrected chi connectivity index (χ4v) is 2.54. The number of carbonyl (C=O) groups is 1. The quantitative estimate of drug-likeness (QED) is 0.831. The van der Waals surface area contributed by atoms with Gasteiger partial charge in [0.1, 0.15) is 0 Å². The topological polar surface area (TPSA) is 83.7 Å². The standard InChI is InChI=1S/C17H23N5O3/c1-21(2)8-7-18-16(23)17-19-15(20-25-17)13-3-5-14(6-4-13)22-9-11-24-12-10-22/h3-6H,7-12H2,1-2H3,(H,18,23). The lowest BCUT2D eigenvalue weighted by atomic mass is 10.2.